The van der Waals surface area contributed by atoms with Crippen molar-refractivity contribution in [3.05, 3.63) is 17.9 Å². The molecule has 0 spiro atoms. The fourth-order valence-electron chi connectivity index (χ4n) is 0.980. The molecule has 5 nitrogen and oxygen atoms in total. The Hall–Kier alpha value is -1.36. The van der Waals surface area contributed by atoms with Crippen molar-refractivity contribution < 1.29 is 0 Å². The topological polar surface area (TPSA) is 62.7 Å². The van der Waals surface area contributed by atoms with Gasteiger partial charge >= 0.3 is 0 Å². The average Bonchev–Trinajstić information content (AvgIpc) is 2.25. The summed E-state index contributed by atoms with van der Waals surface area (Å²) in [6, 6.07) is 0.297. The second-order valence-corrected chi connectivity index (χ2v) is 3.71. The SMILES string of the molecule is C=CCNc1nc(Cl)nc(N[C@H](C)CC)n1. The number of nitrogens with zero attached hydrogens (tertiary/aromatic N) is 3. The Balaban J connectivity index is 2.76. The second-order valence-electron chi connectivity index (χ2n) is 3.37. The molecule has 1 aromatic rings. The highest BCUT2D eigenvalue weighted by Crippen LogP contribution is 2.10. The molecule has 0 aliphatic heterocycles. The van der Waals surface area contributed by atoms with Crippen molar-refractivity contribution in [1.29, 1.82) is 0 Å². The molecule has 0 saturated heterocycles. The van der Waals surface area contributed by atoms with Crippen LogP contribution in [0, 0.1) is 0 Å². The van der Waals surface area contributed by atoms with Gasteiger partial charge in [-0.25, -0.2) is 0 Å². The molecule has 0 aliphatic rings. The minimum absolute atomic E-state index is 0.173. The van der Waals surface area contributed by atoms with E-state index in [1.54, 1.807) is 6.08 Å². The lowest BCUT2D eigenvalue weighted by molar-refractivity contribution is 0.751. The van der Waals surface area contributed by atoms with Gasteiger partial charge in [-0.15, -0.1) is 6.58 Å². The van der Waals surface area contributed by atoms with E-state index in [0.29, 0.717) is 24.5 Å². The van der Waals surface area contributed by atoms with Gasteiger partial charge in [0.05, 0.1) is 0 Å². The lowest BCUT2D eigenvalue weighted by Gasteiger charge is -2.11. The first-order chi connectivity index (χ1) is 7.65. The van der Waals surface area contributed by atoms with Gasteiger partial charge < -0.3 is 10.6 Å². The molecule has 0 saturated carbocycles. The number of nitrogens with one attached hydrogen (secondary N) is 2. The third kappa shape index (κ3) is 4.02. The lowest BCUT2D eigenvalue weighted by atomic mass is 10.3. The molecule has 16 heavy (non-hydrogen) atoms. The molecule has 1 atom stereocenters. The summed E-state index contributed by atoms with van der Waals surface area (Å²) in [6.45, 7) is 8.32. The molecule has 0 bridgehead atoms. The van der Waals surface area contributed by atoms with Crippen LogP contribution in [0.2, 0.25) is 5.28 Å². The van der Waals surface area contributed by atoms with Gasteiger partial charge in [0.25, 0.3) is 0 Å². The Kier molecular flexibility index (Phi) is 4.98. The molecular formula is C10H16ClN5. The quantitative estimate of drug-likeness (QED) is 0.749. The predicted octanol–water partition coefficient (Wildman–Crippen LogP) is 2.33. The van der Waals surface area contributed by atoms with Crippen molar-refractivity contribution in [2.24, 2.45) is 0 Å². The summed E-state index contributed by atoms with van der Waals surface area (Å²) in [5, 5.41) is 6.27. The van der Waals surface area contributed by atoms with Crippen molar-refractivity contribution in [3.8, 4) is 0 Å². The molecule has 2 N–H and O–H groups in total. The maximum absolute atomic E-state index is 5.79. The van der Waals surface area contributed by atoms with Gasteiger partial charge in [0.15, 0.2) is 0 Å². The Bertz CT molecular complexity index is 355. The maximum Gasteiger partial charge on any atom is 0.229 e. The lowest BCUT2D eigenvalue weighted by Crippen LogP contribution is -2.17. The molecule has 1 aromatic heterocycles. The van der Waals surface area contributed by atoms with Crippen molar-refractivity contribution in [2.45, 2.75) is 26.3 Å². The van der Waals surface area contributed by atoms with Crippen LogP contribution >= 0.6 is 11.6 Å². The van der Waals surface area contributed by atoms with Crippen LogP contribution in [0.3, 0.4) is 0 Å². The standard InChI is InChI=1S/C10H16ClN5/c1-4-6-12-9-14-8(11)15-10(16-9)13-7(3)5-2/h4,7H,1,5-6H2,2-3H3,(H2,12,13,14,15,16)/t7-/m1/s1. The molecule has 88 valence electrons. The van der Waals surface area contributed by atoms with E-state index in [1.807, 2.05) is 0 Å². The van der Waals surface area contributed by atoms with Crippen LogP contribution in [0.15, 0.2) is 12.7 Å². The number of hydrogen-bond acceptors (Lipinski definition) is 5. The van der Waals surface area contributed by atoms with Gasteiger partial charge in [0.2, 0.25) is 17.2 Å². The Labute approximate surface area is 100 Å². The molecule has 0 aromatic carbocycles. The normalized spacial score (nSPS) is 11.9. The van der Waals surface area contributed by atoms with E-state index < -0.39 is 0 Å². The van der Waals surface area contributed by atoms with Crippen LogP contribution in [0.5, 0.6) is 0 Å². The van der Waals surface area contributed by atoms with E-state index in [0.717, 1.165) is 6.42 Å². The molecule has 0 unspecified atom stereocenters. The van der Waals surface area contributed by atoms with Crippen molar-refractivity contribution in [2.75, 3.05) is 17.2 Å². The van der Waals surface area contributed by atoms with Crippen LogP contribution in [0.25, 0.3) is 0 Å². The van der Waals surface area contributed by atoms with Crippen LogP contribution in [0.4, 0.5) is 11.9 Å². The highest BCUT2D eigenvalue weighted by atomic mass is 35.5. The maximum atomic E-state index is 5.79. The summed E-state index contributed by atoms with van der Waals surface area (Å²) >= 11 is 5.79. The summed E-state index contributed by atoms with van der Waals surface area (Å²) < 4.78 is 0. The van der Waals surface area contributed by atoms with Crippen LogP contribution in [-0.2, 0) is 0 Å². The first-order valence-corrected chi connectivity index (χ1v) is 5.56. The van der Waals surface area contributed by atoms with Gasteiger partial charge in [-0.05, 0) is 24.9 Å². The van der Waals surface area contributed by atoms with Gasteiger partial charge in [-0.1, -0.05) is 13.0 Å². The zero-order chi connectivity index (χ0) is 12.0. The fraction of sp³-hybridized carbons (Fsp3) is 0.500. The average molecular weight is 242 g/mol. The van der Waals surface area contributed by atoms with Crippen LogP contribution in [-0.4, -0.2) is 27.5 Å². The third-order valence-corrected chi connectivity index (χ3v) is 2.17. The molecular weight excluding hydrogens is 226 g/mol. The highest BCUT2D eigenvalue weighted by molar-refractivity contribution is 6.28. The summed E-state index contributed by atoms with van der Waals surface area (Å²) in [7, 11) is 0. The first-order valence-electron chi connectivity index (χ1n) is 5.18. The molecule has 1 rings (SSSR count). The summed E-state index contributed by atoms with van der Waals surface area (Å²) in [5.41, 5.74) is 0. The third-order valence-electron chi connectivity index (χ3n) is 2.00. The Morgan fingerprint density at radius 3 is 2.69 bits per heavy atom. The molecule has 0 aliphatic carbocycles. The number of hydrogen-bond donors (Lipinski definition) is 2. The highest BCUT2D eigenvalue weighted by Gasteiger charge is 2.06. The van der Waals surface area contributed by atoms with Gasteiger partial charge in [0, 0.05) is 12.6 Å². The smallest absolute Gasteiger partial charge is 0.229 e. The summed E-state index contributed by atoms with van der Waals surface area (Å²) in [5.74, 6) is 0.937. The van der Waals surface area contributed by atoms with E-state index in [-0.39, 0.29) is 5.28 Å². The number of halogens is 1. The van der Waals surface area contributed by atoms with Gasteiger partial charge in [0.1, 0.15) is 0 Å². The van der Waals surface area contributed by atoms with E-state index in [4.69, 9.17) is 11.6 Å². The minimum atomic E-state index is 0.173. The summed E-state index contributed by atoms with van der Waals surface area (Å²) in [6.07, 6.45) is 2.71. The van der Waals surface area contributed by atoms with Crippen molar-refractivity contribution >= 4 is 23.5 Å². The van der Waals surface area contributed by atoms with E-state index in [2.05, 4.69) is 46.0 Å². The Morgan fingerprint density at radius 1 is 1.38 bits per heavy atom. The predicted molar refractivity (Wildman–Crippen MR) is 66.9 cm³/mol. The molecule has 0 fully saturated rings. The number of rotatable bonds is 6. The van der Waals surface area contributed by atoms with Crippen LogP contribution in [0.1, 0.15) is 20.3 Å². The largest absolute Gasteiger partial charge is 0.352 e. The van der Waals surface area contributed by atoms with E-state index in [9.17, 15) is 0 Å². The number of aromatic nitrogens is 3. The zero-order valence-corrected chi connectivity index (χ0v) is 10.3. The van der Waals surface area contributed by atoms with Crippen LogP contribution < -0.4 is 10.6 Å². The Morgan fingerprint density at radius 2 is 2.06 bits per heavy atom. The molecule has 0 radical (unpaired) electrons. The molecule has 1 heterocycles. The minimum Gasteiger partial charge on any atom is -0.352 e. The fourth-order valence-corrected chi connectivity index (χ4v) is 1.14. The van der Waals surface area contributed by atoms with Crippen molar-refractivity contribution in [3.63, 3.8) is 0 Å². The monoisotopic (exact) mass is 241 g/mol. The second kappa shape index (κ2) is 6.27. The van der Waals surface area contributed by atoms with E-state index >= 15 is 0 Å². The van der Waals surface area contributed by atoms with E-state index in [1.165, 1.54) is 0 Å². The van der Waals surface area contributed by atoms with Gasteiger partial charge in [-0.2, -0.15) is 15.0 Å². The number of anilines is 2. The van der Waals surface area contributed by atoms with Gasteiger partial charge in [-0.3, -0.25) is 0 Å². The summed E-state index contributed by atoms with van der Waals surface area (Å²) in [4.78, 5) is 12.1. The zero-order valence-electron chi connectivity index (χ0n) is 9.50. The first kappa shape index (κ1) is 12.7. The molecule has 6 heteroatoms. The van der Waals surface area contributed by atoms with Crippen molar-refractivity contribution in [1.82, 2.24) is 15.0 Å². The molecule has 0 amide bonds.